The summed E-state index contributed by atoms with van der Waals surface area (Å²) >= 11 is 0. The van der Waals surface area contributed by atoms with Gasteiger partial charge in [0.2, 0.25) is 0 Å². The molecule has 0 spiro atoms. The van der Waals surface area contributed by atoms with Crippen LogP contribution in [0.15, 0.2) is 24.3 Å². The second-order valence-electron chi connectivity index (χ2n) is 6.53. The third-order valence-corrected chi connectivity index (χ3v) is 4.37. The van der Waals surface area contributed by atoms with Crippen LogP contribution in [0.25, 0.3) is 0 Å². The second kappa shape index (κ2) is 7.81. The van der Waals surface area contributed by atoms with Crippen molar-refractivity contribution in [2.45, 2.75) is 58.1 Å². The number of hydrogen-bond donors (Lipinski definition) is 1. The number of nitrogens with zero attached hydrogens (tertiary/aromatic N) is 1. The van der Waals surface area contributed by atoms with E-state index >= 15 is 0 Å². The van der Waals surface area contributed by atoms with Crippen LogP contribution in [0.5, 0.6) is 5.75 Å². The number of β-amino-alcohol motifs (C(OH)–C–C–N with tert-alkyl or cyclic N) is 1. The Labute approximate surface area is 128 Å². The summed E-state index contributed by atoms with van der Waals surface area (Å²) in [4.78, 5) is 2.37. The number of aliphatic hydroxyl groups excluding tert-OH is 1. The summed E-state index contributed by atoms with van der Waals surface area (Å²) in [6.07, 6.45) is 3.38. The molecule has 0 saturated carbocycles. The summed E-state index contributed by atoms with van der Waals surface area (Å²) in [6.45, 7) is 8.78. The Hall–Kier alpha value is -1.06. The lowest BCUT2D eigenvalue weighted by Crippen LogP contribution is -2.43. The second-order valence-corrected chi connectivity index (χ2v) is 6.53. The lowest BCUT2D eigenvalue weighted by Gasteiger charge is -2.34. The Morgan fingerprint density at radius 3 is 2.57 bits per heavy atom. The normalized spacial score (nSPS) is 21.5. The lowest BCUT2D eigenvalue weighted by atomic mass is 10.0. The molecule has 1 aliphatic rings. The van der Waals surface area contributed by atoms with Gasteiger partial charge in [-0.1, -0.05) is 32.4 Å². The molecule has 2 rings (SSSR count). The summed E-state index contributed by atoms with van der Waals surface area (Å²) in [5.74, 6) is 1.37. The topological polar surface area (TPSA) is 32.7 Å². The van der Waals surface area contributed by atoms with E-state index in [-0.39, 0.29) is 0 Å². The standard InChI is InChI=1S/C18H29NO2/c1-14(2)16-7-9-18(10-8-16)21-13-17(20)12-19-11-5-4-6-15(19)3/h7-10,14-15,17,20H,4-6,11-13H2,1-3H3/t15-,17+/m0/s1. The van der Waals surface area contributed by atoms with Crippen LogP contribution in [0.2, 0.25) is 0 Å². The molecule has 1 aliphatic heterocycles. The van der Waals surface area contributed by atoms with Crippen LogP contribution < -0.4 is 4.74 Å². The first kappa shape index (κ1) is 16.3. The Bertz CT molecular complexity index is 416. The first-order valence-electron chi connectivity index (χ1n) is 8.21. The van der Waals surface area contributed by atoms with E-state index in [4.69, 9.17) is 4.74 Å². The van der Waals surface area contributed by atoms with Crippen molar-refractivity contribution in [3.05, 3.63) is 29.8 Å². The average molecular weight is 291 g/mol. The van der Waals surface area contributed by atoms with Crippen LogP contribution in [0, 0.1) is 0 Å². The van der Waals surface area contributed by atoms with Crippen molar-refractivity contribution in [2.75, 3.05) is 19.7 Å². The number of benzene rings is 1. The van der Waals surface area contributed by atoms with E-state index in [9.17, 15) is 5.11 Å². The number of aliphatic hydroxyl groups is 1. The highest BCUT2D eigenvalue weighted by atomic mass is 16.5. The fraction of sp³-hybridized carbons (Fsp3) is 0.667. The molecular formula is C18H29NO2. The molecule has 3 nitrogen and oxygen atoms in total. The number of piperidine rings is 1. The molecule has 1 aromatic carbocycles. The highest BCUT2D eigenvalue weighted by Gasteiger charge is 2.20. The van der Waals surface area contributed by atoms with E-state index < -0.39 is 6.10 Å². The number of likely N-dealkylation sites (tertiary alicyclic amines) is 1. The predicted molar refractivity (Wildman–Crippen MR) is 86.9 cm³/mol. The molecule has 0 amide bonds. The highest BCUT2D eigenvalue weighted by Crippen LogP contribution is 2.19. The largest absolute Gasteiger partial charge is 0.491 e. The SMILES string of the molecule is CC(C)c1ccc(OC[C@H](O)CN2CCCC[C@@H]2C)cc1. The summed E-state index contributed by atoms with van der Waals surface area (Å²) < 4.78 is 5.70. The van der Waals surface area contributed by atoms with E-state index in [0.717, 1.165) is 12.3 Å². The molecular weight excluding hydrogens is 262 g/mol. The lowest BCUT2D eigenvalue weighted by molar-refractivity contribution is 0.0438. The van der Waals surface area contributed by atoms with E-state index in [1.165, 1.54) is 24.8 Å². The summed E-state index contributed by atoms with van der Waals surface area (Å²) in [5, 5.41) is 10.2. The molecule has 1 N–H and O–H groups in total. The van der Waals surface area contributed by atoms with Gasteiger partial charge in [-0.05, 0) is 49.9 Å². The highest BCUT2D eigenvalue weighted by molar-refractivity contribution is 5.28. The molecule has 118 valence electrons. The Kier molecular flexibility index (Phi) is 6.07. The van der Waals surface area contributed by atoms with Crippen molar-refractivity contribution in [1.29, 1.82) is 0 Å². The third-order valence-electron chi connectivity index (χ3n) is 4.37. The first-order chi connectivity index (χ1) is 10.1. The molecule has 3 heteroatoms. The van der Waals surface area contributed by atoms with Gasteiger partial charge < -0.3 is 9.84 Å². The van der Waals surface area contributed by atoms with Gasteiger partial charge in [0.25, 0.3) is 0 Å². The van der Waals surface area contributed by atoms with Gasteiger partial charge in [-0.3, -0.25) is 4.90 Å². The van der Waals surface area contributed by atoms with E-state index in [1.807, 2.05) is 12.1 Å². The third kappa shape index (κ3) is 5.01. The molecule has 0 radical (unpaired) electrons. The maximum Gasteiger partial charge on any atom is 0.119 e. The van der Waals surface area contributed by atoms with Gasteiger partial charge in [-0.15, -0.1) is 0 Å². The van der Waals surface area contributed by atoms with Crippen molar-refractivity contribution in [2.24, 2.45) is 0 Å². The zero-order valence-corrected chi connectivity index (χ0v) is 13.6. The molecule has 1 aromatic rings. The Balaban J connectivity index is 1.76. The van der Waals surface area contributed by atoms with Gasteiger partial charge in [-0.2, -0.15) is 0 Å². The van der Waals surface area contributed by atoms with Crippen molar-refractivity contribution in [3.63, 3.8) is 0 Å². The molecule has 1 heterocycles. The fourth-order valence-corrected chi connectivity index (χ4v) is 2.89. The van der Waals surface area contributed by atoms with Crippen molar-refractivity contribution < 1.29 is 9.84 Å². The quantitative estimate of drug-likeness (QED) is 0.871. The van der Waals surface area contributed by atoms with E-state index in [2.05, 4.69) is 37.8 Å². The molecule has 0 bridgehead atoms. The van der Waals surface area contributed by atoms with Crippen LogP contribution in [0.1, 0.15) is 51.5 Å². The summed E-state index contributed by atoms with van der Waals surface area (Å²) in [7, 11) is 0. The predicted octanol–water partition coefficient (Wildman–Crippen LogP) is 3.42. The number of ether oxygens (including phenoxy) is 1. The van der Waals surface area contributed by atoms with Crippen molar-refractivity contribution >= 4 is 0 Å². The van der Waals surface area contributed by atoms with Gasteiger partial charge in [0.05, 0.1) is 0 Å². The minimum atomic E-state index is -0.421. The monoisotopic (exact) mass is 291 g/mol. The number of hydrogen-bond acceptors (Lipinski definition) is 3. The van der Waals surface area contributed by atoms with Crippen LogP contribution >= 0.6 is 0 Å². The molecule has 2 atom stereocenters. The smallest absolute Gasteiger partial charge is 0.119 e. The van der Waals surface area contributed by atoms with E-state index in [1.54, 1.807) is 0 Å². The first-order valence-corrected chi connectivity index (χ1v) is 8.21. The minimum absolute atomic E-state index is 0.365. The number of rotatable bonds is 6. The molecule has 1 saturated heterocycles. The molecule has 0 unspecified atom stereocenters. The van der Waals surface area contributed by atoms with Crippen LogP contribution in [-0.4, -0.2) is 41.8 Å². The van der Waals surface area contributed by atoms with Crippen LogP contribution in [-0.2, 0) is 0 Å². The van der Waals surface area contributed by atoms with Gasteiger partial charge in [0, 0.05) is 12.6 Å². The summed E-state index contributed by atoms with van der Waals surface area (Å²) in [6, 6.07) is 8.76. The zero-order chi connectivity index (χ0) is 15.2. The maximum absolute atomic E-state index is 10.2. The average Bonchev–Trinajstić information content (AvgIpc) is 2.48. The molecule has 21 heavy (non-hydrogen) atoms. The Morgan fingerprint density at radius 2 is 1.95 bits per heavy atom. The molecule has 1 fully saturated rings. The zero-order valence-electron chi connectivity index (χ0n) is 13.6. The maximum atomic E-state index is 10.2. The van der Waals surface area contributed by atoms with E-state index in [0.29, 0.717) is 25.1 Å². The van der Waals surface area contributed by atoms with Gasteiger partial charge in [-0.25, -0.2) is 0 Å². The van der Waals surface area contributed by atoms with Gasteiger partial charge >= 0.3 is 0 Å². The van der Waals surface area contributed by atoms with Crippen molar-refractivity contribution in [1.82, 2.24) is 4.90 Å². The fourth-order valence-electron chi connectivity index (χ4n) is 2.89. The van der Waals surface area contributed by atoms with Crippen LogP contribution in [0.3, 0.4) is 0 Å². The Morgan fingerprint density at radius 1 is 1.24 bits per heavy atom. The van der Waals surface area contributed by atoms with Gasteiger partial charge in [0.15, 0.2) is 0 Å². The van der Waals surface area contributed by atoms with Crippen molar-refractivity contribution in [3.8, 4) is 5.75 Å². The summed E-state index contributed by atoms with van der Waals surface area (Å²) in [5.41, 5.74) is 1.31. The van der Waals surface area contributed by atoms with Crippen LogP contribution in [0.4, 0.5) is 0 Å². The molecule has 0 aliphatic carbocycles. The molecule has 0 aromatic heterocycles. The van der Waals surface area contributed by atoms with Gasteiger partial charge in [0.1, 0.15) is 18.5 Å². The minimum Gasteiger partial charge on any atom is -0.491 e.